The summed E-state index contributed by atoms with van der Waals surface area (Å²) in [5.74, 6) is 0.680. The highest BCUT2D eigenvalue weighted by molar-refractivity contribution is 7.08. The molecule has 0 radical (unpaired) electrons. The summed E-state index contributed by atoms with van der Waals surface area (Å²) in [7, 11) is 0. The van der Waals surface area contributed by atoms with Crippen molar-refractivity contribution in [1.29, 1.82) is 0 Å². The summed E-state index contributed by atoms with van der Waals surface area (Å²) in [4.78, 5) is 0. The monoisotopic (exact) mass is 212 g/mol. The quantitative estimate of drug-likeness (QED) is 0.758. The van der Waals surface area contributed by atoms with E-state index >= 15 is 0 Å². The van der Waals surface area contributed by atoms with Gasteiger partial charge in [-0.2, -0.15) is 11.3 Å². The largest absolute Gasteiger partial charge is 0.330 e. The fourth-order valence-corrected chi connectivity index (χ4v) is 2.26. The predicted molar refractivity (Wildman–Crippen MR) is 63.6 cm³/mol. The fourth-order valence-electron chi connectivity index (χ4n) is 1.41. The van der Waals surface area contributed by atoms with E-state index in [1.807, 2.05) is 0 Å². The minimum Gasteiger partial charge on any atom is -0.330 e. The summed E-state index contributed by atoms with van der Waals surface area (Å²) in [5.41, 5.74) is 8.32. The molecule has 14 heavy (non-hydrogen) atoms. The number of hydrogen-bond acceptors (Lipinski definition) is 3. The second kappa shape index (κ2) is 6.17. The second-order valence-electron chi connectivity index (χ2n) is 3.89. The third-order valence-electron chi connectivity index (χ3n) is 2.43. The maximum absolute atomic E-state index is 5.49. The lowest BCUT2D eigenvalue weighted by Gasteiger charge is -2.10. The summed E-state index contributed by atoms with van der Waals surface area (Å²) >= 11 is 1.78. The van der Waals surface area contributed by atoms with Crippen molar-refractivity contribution in [3.05, 3.63) is 21.9 Å². The van der Waals surface area contributed by atoms with Crippen LogP contribution >= 0.6 is 11.3 Å². The van der Waals surface area contributed by atoms with E-state index in [0.29, 0.717) is 5.92 Å². The van der Waals surface area contributed by atoms with E-state index in [9.17, 15) is 0 Å². The Hall–Kier alpha value is -0.380. The SMILES string of the molecule is Cc1cscc1CNCC(C)CCN. The molecule has 0 aliphatic heterocycles. The molecule has 0 saturated heterocycles. The van der Waals surface area contributed by atoms with Crippen LogP contribution in [0, 0.1) is 12.8 Å². The predicted octanol–water partition coefficient (Wildman–Crippen LogP) is 2.13. The molecular formula is C11H20N2S. The topological polar surface area (TPSA) is 38.0 Å². The highest BCUT2D eigenvalue weighted by Crippen LogP contribution is 2.13. The average molecular weight is 212 g/mol. The first kappa shape index (κ1) is 11.7. The lowest BCUT2D eigenvalue weighted by atomic mass is 10.1. The molecule has 1 rings (SSSR count). The molecule has 1 aromatic heterocycles. The Morgan fingerprint density at radius 1 is 1.50 bits per heavy atom. The average Bonchev–Trinajstić information content (AvgIpc) is 2.52. The van der Waals surface area contributed by atoms with Gasteiger partial charge in [-0.15, -0.1) is 0 Å². The molecule has 80 valence electrons. The van der Waals surface area contributed by atoms with Crippen LogP contribution in [0.2, 0.25) is 0 Å². The first-order valence-corrected chi connectivity index (χ1v) is 6.10. The van der Waals surface area contributed by atoms with Gasteiger partial charge in [0.15, 0.2) is 0 Å². The third-order valence-corrected chi connectivity index (χ3v) is 3.34. The Bertz CT molecular complexity index is 258. The Morgan fingerprint density at radius 2 is 2.29 bits per heavy atom. The number of rotatable bonds is 6. The van der Waals surface area contributed by atoms with Gasteiger partial charge in [0, 0.05) is 6.54 Å². The van der Waals surface area contributed by atoms with Gasteiger partial charge >= 0.3 is 0 Å². The van der Waals surface area contributed by atoms with E-state index in [4.69, 9.17) is 5.73 Å². The Morgan fingerprint density at radius 3 is 2.86 bits per heavy atom. The van der Waals surface area contributed by atoms with Crippen LogP contribution in [0.3, 0.4) is 0 Å². The number of hydrogen-bond donors (Lipinski definition) is 2. The Labute approximate surface area is 90.5 Å². The molecule has 2 nitrogen and oxygen atoms in total. The molecule has 1 unspecified atom stereocenters. The molecule has 3 N–H and O–H groups in total. The molecule has 1 heterocycles. The number of thiophene rings is 1. The van der Waals surface area contributed by atoms with Gasteiger partial charge < -0.3 is 11.1 Å². The molecule has 0 spiro atoms. The maximum atomic E-state index is 5.49. The summed E-state index contributed by atoms with van der Waals surface area (Å²) in [5, 5.41) is 7.88. The van der Waals surface area contributed by atoms with E-state index < -0.39 is 0 Å². The van der Waals surface area contributed by atoms with Crippen LogP contribution in [0.1, 0.15) is 24.5 Å². The standard InChI is InChI=1S/C11H20N2S/c1-9(3-4-12)5-13-6-11-8-14-7-10(11)2/h7-9,13H,3-6,12H2,1-2H3. The fraction of sp³-hybridized carbons (Fsp3) is 0.636. The van der Waals surface area contributed by atoms with Gasteiger partial charge in [0.1, 0.15) is 0 Å². The zero-order chi connectivity index (χ0) is 10.4. The Balaban J connectivity index is 2.19. The van der Waals surface area contributed by atoms with Crippen LogP contribution in [0.4, 0.5) is 0 Å². The molecule has 0 amide bonds. The highest BCUT2D eigenvalue weighted by Gasteiger charge is 2.01. The molecule has 0 aliphatic carbocycles. The molecule has 1 atom stereocenters. The Kier molecular flexibility index (Phi) is 5.15. The summed E-state index contributed by atoms with van der Waals surface area (Å²) in [6.07, 6.45) is 1.11. The van der Waals surface area contributed by atoms with Crippen molar-refractivity contribution in [2.45, 2.75) is 26.8 Å². The van der Waals surface area contributed by atoms with Crippen LogP contribution < -0.4 is 11.1 Å². The van der Waals surface area contributed by atoms with Gasteiger partial charge in [0.25, 0.3) is 0 Å². The third kappa shape index (κ3) is 3.78. The first-order valence-electron chi connectivity index (χ1n) is 5.16. The zero-order valence-corrected chi connectivity index (χ0v) is 9.86. The molecule has 1 aromatic rings. The molecule has 3 heteroatoms. The normalized spacial score (nSPS) is 13.1. The zero-order valence-electron chi connectivity index (χ0n) is 9.05. The van der Waals surface area contributed by atoms with E-state index in [0.717, 1.165) is 26.1 Å². The molecule has 0 bridgehead atoms. The van der Waals surface area contributed by atoms with Gasteiger partial charge in [-0.1, -0.05) is 6.92 Å². The van der Waals surface area contributed by atoms with Crippen molar-refractivity contribution in [3.8, 4) is 0 Å². The van der Waals surface area contributed by atoms with E-state index in [2.05, 4.69) is 29.9 Å². The minimum atomic E-state index is 0.680. The molecule has 0 aromatic carbocycles. The van der Waals surface area contributed by atoms with Gasteiger partial charge in [0.05, 0.1) is 0 Å². The summed E-state index contributed by atoms with van der Waals surface area (Å²) < 4.78 is 0. The molecule has 0 aliphatic rings. The van der Waals surface area contributed by atoms with Crippen LogP contribution in [-0.2, 0) is 6.54 Å². The smallest absolute Gasteiger partial charge is 0.0216 e. The van der Waals surface area contributed by atoms with E-state index in [1.165, 1.54) is 11.1 Å². The summed E-state index contributed by atoms with van der Waals surface area (Å²) in [6, 6.07) is 0. The van der Waals surface area contributed by atoms with Crippen LogP contribution in [0.25, 0.3) is 0 Å². The van der Waals surface area contributed by atoms with Crippen molar-refractivity contribution in [3.63, 3.8) is 0 Å². The van der Waals surface area contributed by atoms with Crippen LogP contribution in [-0.4, -0.2) is 13.1 Å². The summed E-state index contributed by atoms with van der Waals surface area (Å²) in [6.45, 7) is 7.24. The maximum Gasteiger partial charge on any atom is 0.0216 e. The van der Waals surface area contributed by atoms with Crippen molar-refractivity contribution >= 4 is 11.3 Å². The minimum absolute atomic E-state index is 0.680. The van der Waals surface area contributed by atoms with Crippen molar-refractivity contribution in [1.82, 2.24) is 5.32 Å². The van der Waals surface area contributed by atoms with E-state index in [-0.39, 0.29) is 0 Å². The van der Waals surface area contributed by atoms with Crippen LogP contribution in [0.15, 0.2) is 10.8 Å². The van der Waals surface area contributed by atoms with Crippen molar-refractivity contribution in [2.75, 3.05) is 13.1 Å². The lowest BCUT2D eigenvalue weighted by molar-refractivity contribution is 0.486. The first-order chi connectivity index (χ1) is 6.74. The van der Waals surface area contributed by atoms with Gasteiger partial charge in [-0.3, -0.25) is 0 Å². The van der Waals surface area contributed by atoms with Crippen LogP contribution in [0.5, 0.6) is 0 Å². The van der Waals surface area contributed by atoms with E-state index in [1.54, 1.807) is 11.3 Å². The molecular weight excluding hydrogens is 192 g/mol. The number of nitrogens with two attached hydrogens (primary N) is 1. The molecule has 0 saturated carbocycles. The van der Waals surface area contributed by atoms with Gasteiger partial charge in [-0.25, -0.2) is 0 Å². The molecule has 0 fully saturated rings. The van der Waals surface area contributed by atoms with Gasteiger partial charge in [0.2, 0.25) is 0 Å². The lowest BCUT2D eigenvalue weighted by Crippen LogP contribution is -2.22. The number of aryl methyl sites for hydroxylation is 1. The number of nitrogens with one attached hydrogen (secondary N) is 1. The van der Waals surface area contributed by atoms with Crippen molar-refractivity contribution in [2.24, 2.45) is 11.7 Å². The highest BCUT2D eigenvalue weighted by atomic mass is 32.1. The van der Waals surface area contributed by atoms with Crippen molar-refractivity contribution < 1.29 is 0 Å². The second-order valence-corrected chi connectivity index (χ2v) is 4.64. The van der Waals surface area contributed by atoms with Gasteiger partial charge in [-0.05, 0) is 54.2 Å².